The van der Waals surface area contributed by atoms with Crippen LogP contribution in [0, 0.1) is 5.92 Å². The van der Waals surface area contributed by atoms with Crippen molar-refractivity contribution < 1.29 is 4.79 Å². The number of carbonyl (C=O) groups is 1. The smallest absolute Gasteiger partial charge is 0.241 e. The molecule has 0 spiro atoms. The van der Waals surface area contributed by atoms with Crippen molar-refractivity contribution in [3.63, 3.8) is 0 Å². The Morgan fingerprint density at radius 2 is 1.89 bits per heavy atom. The summed E-state index contributed by atoms with van der Waals surface area (Å²) < 4.78 is 0. The number of hydrogen-bond acceptors (Lipinski definition) is 2. The molecular weight excluding hydrogens is 224 g/mol. The number of hydrogen-bond donors (Lipinski definition) is 1. The largest absolute Gasteiger partial charge is 0.326 e. The van der Waals surface area contributed by atoms with Crippen LogP contribution >= 0.6 is 0 Å². The van der Waals surface area contributed by atoms with Crippen LogP contribution in [0.5, 0.6) is 0 Å². The van der Waals surface area contributed by atoms with Gasteiger partial charge in [-0.15, -0.1) is 0 Å². The summed E-state index contributed by atoms with van der Waals surface area (Å²) in [5, 5.41) is 3.53. The van der Waals surface area contributed by atoms with Gasteiger partial charge < -0.3 is 4.90 Å². The normalized spacial score (nSPS) is 28.8. The molecule has 3 nitrogen and oxygen atoms in total. The molecule has 2 rings (SSSR count). The minimum Gasteiger partial charge on any atom is -0.326 e. The predicted octanol–water partition coefficient (Wildman–Crippen LogP) is 2.90. The van der Waals surface area contributed by atoms with Gasteiger partial charge in [0.05, 0.1) is 12.2 Å². The Balaban J connectivity index is 1.87. The summed E-state index contributed by atoms with van der Waals surface area (Å²) in [6.07, 6.45) is 9.98. The first kappa shape index (κ1) is 13.9. The first-order valence-electron chi connectivity index (χ1n) is 7.82. The van der Waals surface area contributed by atoms with Gasteiger partial charge in [0, 0.05) is 6.54 Å². The zero-order chi connectivity index (χ0) is 13.0. The molecule has 0 aromatic rings. The van der Waals surface area contributed by atoms with Crippen LogP contribution in [0.4, 0.5) is 0 Å². The van der Waals surface area contributed by atoms with Crippen molar-refractivity contribution >= 4 is 5.91 Å². The fourth-order valence-electron chi connectivity index (χ4n) is 3.12. The molecule has 1 aliphatic carbocycles. The molecule has 2 unspecified atom stereocenters. The SMILES string of the molecule is CCCC1NC(CCC)N(CCC2CCC2)C1=O. The van der Waals surface area contributed by atoms with Crippen LogP contribution in [0.3, 0.4) is 0 Å². The summed E-state index contributed by atoms with van der Waals surface area (Å²) in [6.45, 7) is 5.33. The fourth-order valence-corrected chi connectivity index (χ4v) is 3.12. The molecule has 18 heavy (non-hydrogen) atoms. The average Bonchev–Trinajstić information content (AvgIpc) is 2.57. The van der Waals surface area contributed by atoms with E-state index in [0.29, 0.717) is 12.1 Å². The molecule has 2 aliphatic rings. The second-order valence-corrected chi connectivity index (χ2v) is 5.93. The number of nitrogens with one attached hydrogen (secondary N) is 1. The maximum Gasteiger partial charge on any atom is 0.241 e. The Morgan fingerprint density at radius 1 is 1.17 bits per heavy atom. The van der Waals surface area contributed by atoms with Crippen LogP contribution in [0.1, 0.15) is 65.2 Å². The van der Waals surface area contributed by atoms with E-state index in [2.05, 4.69) is 24.1 Å². The number of rotatable bonds is 7. The van der Waals surface area contributed by atoms with Crippen LogP contribution < -0.4 is 5.32 Å². The summed E-state index contributed by atoms with van der Waals surface area (Å²) in [5.74, 6) is 1.25. The summed E-state index contributed by atoms with van der Waals surface area (Å²) in [7, 11) is 0. The summed E-state index contributed by atoms with van der Waals surface area (Å²) in [6, 6.07) is 0.0907. The molecule has 1 aliphatic heterocycles. The average molecular weight is 252 g/mol. The number of nitrogens with zero attached hydrogens (tertiary/aromatic N) is 1. The van der Waals surface area contributed by atoms with Gasteiger partial charge in [0.25, 0.3) is 0 Å². The second kappa shape index (κ2) is 6.55. The quantitative estimate of drug-likeness (QED) is 0.755. The van der Waals surface area contributed by atoms with Gasteiger partial charge in [0.2, 0.25) is 5.91 Å². The molecule has 1 heterocycles. The molecule has 104 valence electrons. The highest BCUT2D eigenvalue weighted by molar-refractivity contribution is 5.84. The maximum absolute atomic E-state index is 12.4. The third kappa shape index (κ3) is 3.05. The molecule has 1 amide bonds. The van der Waals surface area contributed by atoms with Crippen molar-refractivity contribution in [1.29, 1.82) is 0 Å². The van der Waals surface area contributed by atoms with Gasteiger partial charge in [-0.1, -0.05) is 46.0 Å². The zero-order valence-electron chi connectivity index (χ0n) is 12.0. The van der Waals surface area contributed by atoms with Crippen molar-refractivity contribution in [2.24, 2.45) is 5.92 Å². The molecule has 0 bridgehead atoms. The summed E-state index contributed by atoms with van der Waals surface area (Å²) >= 11 is 0. The van der Waals surface area contributed by atoms with E-state index in [-0.39, 0.29) is 6.04 Å². The molecule has 1 saturated heterocycles. The first-order valence-corrected chi connectivity index (χ1v) is 7.82. The van der Waals surface area contributed by atoms with Crippen molar-refractivity contribution in [2.45, 2.75) is 77.4 Å². The third-order valence-electron chi connectivity index (χ3n) is 4.49. The van der Waals surface area contributed by atoms with Gasteiger partial charge in [-0.2, -0.15) is 0 Å². The van der Waals surface area contributed by atoms with E-state index in [1.54, 1.807) is 0 Å². The van der Waals surface area contributed by atoms with Crippen LogP contribution in [0.25, 0.3) is 0 Å². The topological polar surface area (TPSA) is 32.3 Å². The summed E-state index contributed by atoms with van der Waals surface area (Å²) in [4.78, 5) is 14.5. The summed E-state index contributed by atoms with van der Waals surface area (Å²) in [5.41, 5.74) is 0. The van der Waals surface area contributed by atoms with E-state index < -0.39 is 0 Å². The van der Waals surface area contributed by atoms with Gasteiger partial charge >= 0.3 is 0 Å². The molecule has 2 atom stereocenters. The van der Waals surface area contributed by atoms with Crippen molar-refractivity contribution in [1.82, 2.24) is 10.2 Å². The fraction of sp³-hybridized carbons (Fsp3) is 0.933. The Morgan fingerprint density at radius 3 is 2.44 bits per heavy atom. The molecule has 0 radical (unpaired) electrons. The highest BCUT2D eigenvalue weighted by Gasteiger charge is 2.37. The van der Waals surface area contributed by atoms with Crippen molar-refractivity contribution in [2.75, 3.05) is 6.54 Å². The van der Waals surface area contributed by atoms with E-state index >= 15 is 0 Å². The molecular formula is C15H28N2O. The molecule has 0 aromatic carbocycles. The minimum atomic E-state index is 0.0907. The lowest BCUT2D eigenvalue weighted by molar-refractivity contribution is -0.130. The highest BCUT2D eigenvalue weighted by atomic mass is 16.2. The lowest BCUT2D eigenvalue weighted by atomic mass is 9.83. The van der Waals surface area contributed by atoms with Gasteiger partial charge in [0.1, 0.15) is 0 Å². The molecule has 0 aromatic heterocycles. The van der Waals surface area contributed by atoms with Crippen LogP contribution in [-0.2, 0) is 4.79 Å². The maximum atomic E-state index is 12.4. The van der Waals surface area contributed by atoms with Crippen LogP contribution in [-0.4, -0.2) is 29.6 Å². The van der Waals surface area contributed by atoms with Crippen LogP contribution in [0.15, 0.2) is 0 Å². The van der Waals surface area contributed by atoms with E-state index in [1.165, 1.54) is 25.7 Å². The number of amides is 1. The van der Waals surface area contributed by atoms with Crippen molar-refractivity contribution in [3.05, 3.63) is 0 Å². The third-order valence-corrected chi connectivity index (χ3v) is 4.49. The minimum absolute atomic E-state index is 0.0907. The molecule has 3 heteroatoms. The lowest BCUT2D eigenvalue weighted by Crippen LogP contribution is -2.38. The standard InChI is InChI=1S/C15H28N2O/c1-3-6-13-15(18)17(14(16-13)7-4-2)11-10-12-8-5-9-12/h12-14,16H,3-11H2,1-2H3. The monoisotopic (exact) mass is 252 g/mol. The van der Waals surface area contributed by atoms with Crippen LogP contribution in [0.2, 0.25) is 0 Å². The van der Waals surface area contributed by atoms with E-state index in [9.17, 15) is 4.79 Å². The molecule has 1 N–H and O–H groups in total. The van der Waals surface area contributed by atoms with E-state index in [0.717, 1.165) is 38.1 Å². The van der Waals surface area contributed by atoms with E-state index in [1.807, 2.05) is 0 Å². The second-order valence-electron chi connectivity index (χ2n) is 5.93. The van der Waals surface area contributed by atoms with Crippen molar-refractivity contribution in [3.8, 4) is 0 Å². The Kier molecular flexibility index (Phi) is 5.04. The van der Waals surface area contributed by atoms with Gasteiger partial charge in [-0.25, -0.2) is 0 Å². The predicted molar refractivity (Wildman–Crippen MR) is 74.2 cm³/mol. The van der Waals surface area contributed by atoms with Gasteiger partial charge in [0.15, 0.2) is 0 Å². The highest BCUT2D eigenvalue weighted by Crippen LogP contribution is 2.30. The Hall–Kier alpha value is -0.570. The lowest BCUT2D eigenvalue weighted by Gasteiger charge is -2.30. The zero-order valence-corrected chi connectivity index (χ0v) is 12.0. The van der Waals surface area contributed by atoms with Gasteiger partial charge in [-0.05, 0) is 25.2 Å². The molecule has 1 saturated carbocycles. The Labute approximate surface area is 111 Å². The Bertz CT molecular complexity index is 276. The number of carbonyl (C=O) groups excluding carboxylic acids is 1. The van der Waals surface area contributed by atoms with Gasteiger partial charge in [-0.3, -0.25) is 10.1 Å². The molecule has 2 fully saturated rings. The first-order chi connectivity index (χ1) is 8.76. The van der Waals surface area contributed by atoms with E-state index in [4.69, 9.17) is 0 Å².